The number of aromatic nitrogens is 1. The van der Waals surface area contributed by atoms with E-state index in [1.807, 2.05) is 18.2 Å². The molecule has 0 radical (unpaired) electrons. The summed E-state index contributed by atoms with van der Waals surface area (Å²) in [5.41, 5.74) is 5.62. The molecule has 0 bridgehead atoms. The number of rotatable bonds is 4. The highest BCUT2D eigenvalue weighted by Gasteiger charge is 2.26. The van der Waals surface area contributed by atoms with Crippen molar-refractivity contribution in [2.45, 2.75) is 31.2 Å². The number of halogens is 1. The lowest BCUT2D eigenvalue weighted by Crippen LogP contribution is -2.31. The molecule has 1 saturated carbocycles. The van der Waals surface area contributed by atoms with Crippen molar-refractivity contribution in [3.63, 3.8) is 0 Å². The number of pyridine rings is 1. The van der Waals surface area contributed by atoms with E-state index in [1.165, 1.54) is 31.0 Å². The van der Waals surface area contributed by atoms with Crippen molar-refractivity contribution in [2.75, 3.05) is 0 Å². The summed E-state index contributed by atoms with van der Waals surface area (Å²) < 4.78 is 14.0. The van der Waals surface area contributed by atoms with Crippen molar-refractivity contribution in [3.05, 3.63) is 65.2 Å². The van der Waals surface area contributed by atoms with Gasteiger partial charge in [-0.15, -0.1) is 0 Å². The van der Waals surface area contributed by atoms with Gasteiger partial charge in [-0.25, -0.2) is 9.82 Å². The minimum absolute atomic E-state index is 0.334. The second-order valence-corrected chi connectivity index (χ2v) is 5.25. The Morgan fingerprint density at radius 2 is 2.00 bits per heavy atom. The molecule has 1 fully saturated rings. The standard InChI is InChI=1S/C16H18FN3/c17-15-10-19-9-8-14(15)16(20-18)13-7-2-1-6-12(13)11-4-3-5-11/h1-2,6-11,16,20H,3-5,18H2. The Hall–Kier alpha value is -1.78. The number of nitrogens with zero attached hydrogens (tertiary/aromatic N) is 1. The number of hydrogen-bond donors (Lipinski definition) is 2. The number of benzene rings is 1. The van der Waals surface area contributed by atoms with Gasteiger partial charge in [0.25, 0.3) is 0 Å². The van der Waals surface area contributed by atoms with E-state index in [2.05, 4.69) is 16.5 Å². The molecule has 0 spiro atoms. The lowest BCUT2D eigenvalue weighted by molar-refractivity contribution is 0.413. The van der Waals surface area contributed by atoms with Crippen LogP contribution in [0.4, 0.5) is 4.39 Å². The Labute approximate surface area is 118 Å². The third-order valence-corrected chi connectivity index (χ3v) is 4.13. The minimum atomic E-state index is -0.338. The largest absolute Gasteiger partial charge is 0.271 e. The maximum atomic E-state index is 14.0. The van der Waals surface area contributed by atoms with Crippen LogP contribution in [0.15, 0.2) is 42.7 Å². The van der Waals surface area contributed by atoms with Crippen LogP contribution in [-0.4, -0.2) is 4.98 Å². The first-order valence-corrected chi connectivity index (χ1v) is 6.95. The van der Waals surface area contributed by atoms with Crippen molar-refractivity contribution < 1.29 is 4.39 Å². The molecule has 0 aliphatic heterocycles. The molecule has 1 aromatic heterocycles. The van der Waals surface area contributed by atoms with Gasteiger partial charge in [0.05, 0.1) is 12.2 Å². The molecule has 104 valence electrons. The second kappa shape index (κ2) is 5.69. The van der Waals surface area contributed by atoms with E-state index in [0.29, 0.717) is 11.5 Å². The number of nitrogens with one attached hydrogen (secondary N) is 1. The zero-order valence-corrected chi connectivity index (χ0v) is 11.2. The molecule has 0 amide bonds. The molecular weight excluding hydrogens is 253 g/mol. The van der Waals surface area contributed by atoms with Gasteiger partial charge in [-0.05, 0) is 36.0 Å². The van der Waals surface area contributed by atoms with Gasteiger partial charge in [-0.2, -0.15) is 0 Å². The Bertz CT molecular complexity index is 596. The smallest absolute Gasteiger partial charge is 0.146 e. The van der Waals surface area contributed by atoms with Crippen molar-refractivity contribution >= 4 is 0 Å². The fraction of sp³-hybridized carbons (Fsp3) is 0.312. The predicted octanol–water partition coefficient (Wildman–Crippen LogP) is 3.04. The van der Waals surface area contributed by atoms with Gasteiger partial charge in [0, 0.05) is 11.8 Å². The summed E-state index contributed by atoms with van der Waals surface area (Å²) in [5.74, 6) is 5.94. The van der Waals surface area contributed by atoms with E-state index in [1.54, 1.807) is 12.3 Å². The SMILES string of the molecule is NNC(c1ccncc1F)c1ccccc1C1CCC1. The van der Waals surface area contributed by atoms with Gasteiger partial charge < -0.3 is 0 Å². The van der Waals surface area contributed by atoms with E-state index < -0.39 is 0 Å². The Morgan fingerprint density at radius 3 is 2.65 bits per heavy atom. The van der Waals surface area contributed by atoms with E-state index in [0.717, 1.165) is 5.56 Å². The van der Waals surface area contributed by atoms with Crippen molar-refractivity contribution in [1.29, 1.82) is 0 Å². The zero-order chi connectivity index (χ0) is 13.9. The quantitative estimate of drug-likeness (QED) is 0.664. The van der Waals surface area contributed by atoms with Crippen LogP contribution >= 0.6 is 0 Å². The highest BCUT2D eigenvalue weighted by molar-refractivity contribution is 5.39. The van der Waals surface area contributed by atoms with E-state index in [4.69, 9.17) is 5.84 Å². The molecular formula is C16H18FN3. The van der Waals surface area contributed by atoms with Crippen molar-refractivity contribution in [1.82, 2.24) is 10.4 Å². The van der Waals surface area contributed by atoms with Crippen molar-refractivity contribution in [2.24, 2.45) is 5.84 Å². The predicted molar refractivity (Wildman–Crippen MR) is 76.4 cm³/mol. The van der Waals surface area contributed by atoms with Crippen LogP contribution in [0.1, 0.15) is 47.9 Å². The average molecular weight is 271 g/mol. The lowest BCUT2D eigenvalue weighted by atomic mass is 9.76. The topological polar surface area (TPSA) is 50.9 Å². The number of hydrogen-bond acceptors (Lipinski definition) is 3. The Kier molecular flexibility index (Phi) is 3.76. The van der Waals surface area contributed by atoms with Crippen LogP contribution < -0.4 is 11.3 Å². The Balaban J connectivity index is 2.03. The lowest BCUT2D eigenvalue weighted by Gasteiger charge is -2.30. The molecule has 3 nitrogen and oxygen atoms in total. The van der Waals surface area contributed by atoms with E-state index >= 15 is 0 Å². The first-order chi connectivity index (χ1) is 9.81. The molecule has 3 rings (SSSR count). The highest BCUT2D eigenvalue weighted by Crippen LogP contribution is 2.40. The summed E-state index contributed by atoms with van der Waals surface area (Å²) in [5, 5.41) is 0. The Morgan fingerprint density at radius 1 is 1.20 bits per heavy atom. The first kappa shape index (κ1) is 13.2. The third kappa shape index (κ3) is 2.32. The molecule has 2 aromatic rings. The molecule has 1 aliphatic rings. The van der Waals surface area contributed by atoms with E-state index in [-0.39, 0.29) is 11.9 Å². The summed E-state index contributed by atoms with van der Waals surface area (Å²) >= 11 is 0. The summed E-state index contributed by atoms with van der Waals surface area (Å²) in [4.78, 5) is 3.80. The molecule has 1 heterocycles. The van der Waals surface area contributed by atoms with Crippen LogP contribution in [0.5, 0.6) is 0 Å². The van der Waals surface area contributed by atoms with Crippen LogP contribution in [0, 0.1) is 5.82 Å². The summed E-state index contributed by atoms with van der Waals surface area (Å²) in [6.45, 7) is 0. The fourth-order valence-electron chi connectivity index (χ4n) is 2.83. The molecule has 4 heteroatoms. The number of hydrazine groups is 1. The van der Waals surface area contributed by atoms with Crippen LogP contribution in [-0.2, 0) is 0 Å². The summed E-state index contributed by atoms with van der Waals surface area (Å²) in [7, 11) is 0. The second-order valence-electron chi connectivity index (χ2n) is 5.25. The maximum absolute atomic E-state index is 14.0. The van der Waals surface area contributed by atoms with Crippen LogP contribution in [0.25, 0.3) is 0 Å². The van der Waals surface area contributed by atoms with Crippen LogP contribution in [0.3, 0.4) is 0 Å². The van der Waals surface area contributed by atoms with Gasteiger partial charge in [-0.3, -0.25) is 10.8 Å². The number of nitrogens with two attached hydrogens (primary N) is 1. The average Bonchev–Trinajstić information content (AvgIpc) is 2.41. The van der Waals surface area contributed by atoms with Crippen molar-refractivity contribution in [3.8, 4) is 0 Å². The van der Waals surface area contributed by atoms with E-state index in [9.17, 15) is 4.39 Å². The van der Waals surface area contributed by atoms with Crippen LogP contribution in [0.2, 0.25) is 0 Å². The van der Waals surface area contributed by atoms with Gasteiger partial charge in [0.15, 0.2) is 0 Å². The molecule has 1 aromatic carbocycles. The third-order valence-electron chi connectivity index (χ3n) is 4.13. The van der Waals surface area contributed by atoms with Gasteiger partial charge >= 0.3 is 0 Å². The van der Waals surface area contributed by atoms with Gasteiger partial charge in [0.2, 0.25) is 0 Å². The summed E-state index contributed by atoms with van der Waals surface area (Å²) in [6.07, 6.45) is 6.49. The monoisotopic (exact) mass is 271 g/mol. The molecule has 1 aliphatic carbocycles. The first-order valence-electron chi connectivity index (χ1n) is 6.95. The molecule has 1 unspecified atom stereocenters. The minimum Gasteiger partial charge on any atom is -0.271 e. The molecule has 0 saturated heterocycles. The molecule has 1 atom stereocenters. The molecule has 20 heavy (non-hydrogen) atoms. The fourth-order valence-corrected chi connectivity index (χ4v) is 2.83. The summed E-state index contributed by atoms with van der Waals surface area (Å²) in [6, 6.07) is 9.50. The normalized spacial score (nSPS) is 16.7. The maximum Gasteiger partial charge on any atom is 0.146 e. The molecule has 3 N–H and O–H groups in total. The van der Waals surface area contributed by atoms with Gasteiger partial charge in [0.1, 0.15) is 5.82 Å². The van der Waals surface area contributed by atoms with Gasteiger partial charge in [-0.1, -0.05) is 30.7 Å². The highest BCUT2D eigenvalue weighted by atomic mass is 19.1. The zero-order valence-electron chi connectivity index (χ0n) is 11.2.